The van der Waals surface area contributed by atoms with Gasteiger partial charge in [-0.15, -0.1) is 0 Å². The summed E-state index contributed by atoms with van der Waals surface area (Å²) in [6.45, 7) is 10.3. The van der Waals surface area contributed by atoms with Gasteiger partial charge < -0.3 is 10.4 Å². The average molecular weight is 221 g/mol. The topological polar surface area (TPSA) is 32.3 Å². The second-order valence-electron chi connectivity index (χ2n) is 4.91. The van der Waals surface area contributed by atoms with Gasteiger partial charge in [0.15, 0.2) is 0 Å². The van der Waals surface area contributed by atoms with Gasteiger partial charge in [-0.25, -0.2) is 0 Å². The second-order valence-corrected chi connectivity index (χ2v) is 4.91. The van der Waals surface area contributed by atoms with Gasteiger partial charge in [0.2, 0.25) is 0 Å². The van der Waals surface area contributed by atoms with Crippen LogP contribution < -0.4 is 5.32 Å². The fraction of sp³-hybridized carbons (Fsp3) is 0.571. The van der Waals surface area contributed by atoms with E-state index in [0.717, 1.165) is 11.1 Å². The molecule has 1 rings (SSSR count). The summed E-state index contributed by atoms with van der Waals surface area (Å²) in [5.74, 6) is 0. The molecule has 2 nitrogen and oxygen atoms in total. The molecule has 2 atom stereocenters. The van der Waals surface area contributed by atoms with Crippen LogP contribution in [0.3, 0.4) is 0 Å². The molecule has 0 saturated heterocycles. The first kappa shape index (κ1) is 13.2. The highest BCUT2D eigenvalue weighted by Crippen LogP contribution is 2.22. The molecule has 16 heavy (non-hydrogen) atoms. The molecule has 90 valence electrons. The van der Waals surface area contributed by atoms with Crippen LogP contribution in [0, 0.1) is 13.8 Å². The van der Waals surface area contributed by atoms with Crippen LogP contribution in [-0.2, 0) is 0 Å². The van der Waals surface area contributed by atoms with Crippen LogP contribution in [0.15, 0.2) is 18.2 Å². The van der Waals surface area contributed by atoms with Gasteiger partial charge in [-0.2, -0.15) is 0 Å². The van der Waals surface area contributed by atoms with Crippen LogP contribution >= 0.6 is 0 Å². The Morgan fingerprint density at radius 3 is 2.31 bits per heavy atom. The fourth-order valence-electron chi connectivity index (χ4n) is 1.96. The summed E-state index contributed by atoms with van der Waals surface area (Å²) in [5, 5.41) is 13.6. The smallest absolute Gasteiger partial charge is 0.0942 e. The molecule has 0 spiro atoms. The maximum absolute atomic E-state index is 10.3. The van der Waals surface area contributed by atoms with Gasteiger partial charge in [-0.05, 0) is 31.9 Å². The SMILES string of the molecule is Cc1ccc(C)c(C(O)C(C)NC(C)C)c1. The number of nitrogens with one attached hydrogen (secondary N) is 1. The first-order valence-electron chi connectivity index (χ1n) is 5.93. The molecular weight excluding hydrogens is 198 g/mol. The molecule has 0 saturated carbocycles. The lowest BCUT2D eigenvalue weighted by Gasteiger charge is -2.24. The lowest BCUT2D eigenvalue weighted by atomic mass is 9.96. The minimum Gasteiger partial charge on any atom is -0.387 e. The van der Waals surface area contributed by atoms with Gasteiger partial charge in [0.1, 0.15) is 0 Å². The summed E-state index contributed by atoms with van der Waals surface area (Å²) in [6.07, 6.45) is -0.442. The molecule has 2 heteroatoms. The lowest BCUT2D eigenvalue weighted by Crippen LogP contribution is -2.37. The van der Waals surface area contributed by atoms with Gasteiger partial charge in [-0.3, -0.25) is 0 Å². The van der Waals surface area contributed by atoms with Crippen molar-refractivity contribution in [3.05, 3.63) is 34.9 Å². The maximum atomic E-state index is 10.3. The third kappa shape index (κ3) is 3.32. The Balaban J connectivity index is 2.86. The molecule has 1 aromatic rings. The predicted octanol–water partition coefficient (Wildman–Crippen LogP) is 2.72. The van der Waals surface area contributed by atoms with Crippen LogP contribution in [-0.4, -0.2) is 17.2 Å². The number of hydrogen-bond donors (Lipinski definition) is 2. The zero-order valence-corrected chi connectivity index (χ0v) is 10.9. The predicted molar refractivity (Wildman–Crippen MR) is 68.6 cm³/mol. The number of aryl methyl sites for hydroxylation is 2. The normalized spacial score (nSPS) is 15.2. The minimum atomic E-state index is -0.442. The van der Waals surface area contributed by atoms with Crippen molar-refractivity contribution in [1.82, 2.24) is 5.32 Å². The second kappa shape index (κ2) is 5.46. The maximum Gasteiger partial charge on any atom is 0.0942 e. The van der Waals surface area contributed by atoms with Crippen molar-refractivity contribution >= 4 is 0 Å². The van der Waals surface area contributed by atoms with Crippen molar-refractivity contribution in [2.45, 2.75) is 52.8 Å². The lowest BCUT2D eigenvalue weighted by molar-refractivity contribution is 0.131. The number of rotatable bonds is 4. The summed E-state index contributed by atoms with van der Waals surface area (Å²) in [4.78, 5) is 0. The molecule has 0 aromatic heterocycles. The number of benzene rings is 1. The molecule has 0 aliphatic heterocycles. The van der Waals surface area contributed by atoms with E-state index in [9.17, 15) is 5.11 Å². The Kier molecular flexibility index (Phi) is 4.51. The summed E-state index contributed by atoms with van der Waals surface area (Å²) in [5.41, 5.74) is 3.37. The Morgan fingerprint density at radius 1 is 1.12 bits per heavy atom. The first-order valence-corrected chi connectivity index (χ1v) is 5.93. The van der Waals surface area contributed by atoms with Crippen LogP contribution in [0.2, 0.25) is 0 Å². The third-order valence-corrected chi connectivity index (χ3v) is 2.82. The van der Waals surface area contributed by atoms with Crippen molar-refractivity contribution in [1.29, 1.82) is 0 Å². The van der Waals surface area contributed by atoms with Gasteiger partial charge in [0, 0.05) is 12.1 Å². The van der Waals surface area contributed by atoms with E-state index in [0.29, 0.717) is 6.04 Å². The van der Waals surface area contributed by atoms with E-state index in [4.69, 9.17) is 0 Å². The van der Waals surface area contributed by atoms with Crippen LogP contribution in [0.1, 0.15) is 43.6 Å². The molecule has 1 aromatic carbocycles. The van der Waals surface area contributed by atoms with Crippen LogP contribution in [0.4, 0.5) is 0 Å². The highest BCUT2D eigenvalue weighted by atomic mass is 16.3. The highest BCUT2D eigenvalue weighted by Gasteiger charge is 2.18. The number of aliphatic hydroxyl groups is 1. The summed E-state index contributed by atoms with van der Waals surface area (Å²) in [7, 11) is 0. The first-order chi connectivity index (χ1) is 7.41. The minimum absolute atomic E-state index is 0.0699. The standard InChI is InChI=1S/C14H23NO/c1-9(2)15-12(5)14(16)13-8-10(3)6-7-11(13)4/h6-9,12,14-16H,1-5H3. The van der Waals surface area contributed by atoms with Crippen molar-refractivity contribution in [3.8, 4) is 0 Å². The zero-order valence-electron chi connectivity index (χ0n) is 10.9. The van der Waals surface area contributed by atoms with E-state index < -0.39 is 6.10 Å². The van der Waals surface area contributed by atoms with Crippen LogP contribution in [0.25, 0.3) is 0 Å². The Hall–Kier alpha value is -0.860. The quantitative estimate of drug-likeness (QED) is 0.819. The van der Waals surface area contributed by atoms with E-state index >= 15 is 0 Å². The Morgan fingerprint density at radius 2 is 1.75 bits per heavy atom. The van der Waals surface area contributed by atoms with E-state index in [1.165, 1.54) is 5.56 Å². The van der Waals surface area contributed by atoms with Gasteiger partial charge in [-0.1, -0.05) is 37.6 Å². The summed E-state index contributed by atoms with van der Waals surface area (Å²) in [6, 6.07) is 6.66. The fourth-order valence-corrected chi connectivity index (χ4v) is 1.96. The molecule has 0 amide bonds. The summed E-state index contributed by atoms with van der Waals surface area (Å²) < 4.78 is 0. The van der Waals surface area contributed by atoms with E-state index in [1.54, 1.807) is 0 Å². The van der Waals surface area contributed by atoms with Gasteiger partial charge >= 0.3 is 0 Å². The Labute approximate surface area is 98.7 Å². The molecule has 0 heterocycles. The van der Waals surface area contributed by atoms with Gasteiger partial charge in [0.05, 0.1) is 6.10 Å². The molecule has 2 N–H and O–H groups in total. The van der Waals surface area contributed by atoms with E-state index in [1.807, 2.05) is 13.8 Å². The largest absolute Gasteiger partial charge is 0.387 e. The molecule has 0 radical (unpaired) electrons. The van der Waals surface area contributed by atoms with Crippen LogP contribution in [0.5, 0.6) is 0 Å². The Bertz CT molecular complexity index is 347. The van der Waals surface area contributed by atoms with Gasteiger partial charge in [0.25, 0.3) is 0 Å². The summed E-state index contributed by atoms with van der Waals surface area (Å²) >= 11 is 0. The van der Waals surface area contributed by atoms with Crippen molar-refractivity contribution in [2.75, 3.05) is 0 Å². The molecule has 0 aliphatic rings. The third-order valence-electron chi connectivity index (χ3n) is 2.82. The molecule has 0 bridgehead atoms. The van der Waals surface area contributed by atoms with E-state index in [-0.39, 0.29) is 6.04 Å². The van der Waals surface area contributed by atoms with Crippen molar-refractivity contribution < 1.29 is 5.11 Å². The molecule has 0 aliphatic carbocycles. The number of aliphatic hydroxyl groups excluding tert-OH is 1. The molecule has 2 unspecified atom stereocenters. The average Bonchev–Trinajstić information content (AvgIpc) is 2.19. The zero-order chi connectivity index (χ0) is 12.3. The van der Waals surface area contributed by atoms with E-state index in [2.05, 4.69) is 44.3 Å². The van der Waals surface area contributed by atoms with Crippen molar-refractivity contribution in [2.24, 2.45) is 0 Å². The van der Waals surface area contributed by atoms with Crippen molar-refractivity contribution in [3.63, 3.8) is 0 Å². The monoisotopic (exact) mass is 221 g/mol. The number of hydrogen-bond acceptors (Lipinski definition) is 2. The molecular formula is C14H23NO. The highest BCUT2D eigenvalue weighted by molar-refractivity contribution is 5.32. The molecule has 0 fully saturated rings.